The molecular weight excluding hydrogens is 364 g/mol. The molecule has 150 valence electrons. The molecule has 0 spiro atoms. The third kappa shape index (κ3) is 4.23. The minimum atomic E-state index is -0.0915. The first-order chi connectivity index (χ1) is 13.4. The van der Waals surface area contributed by atoms with Gasteiger partial charge in [-0.15, -0.1) is 11.3 Å². The van der Waals surface area contributed by atoms with Crippen molar-refractivity contribution in [1.29, 1.82) is 0 Å². The van der Waals surface area contributed by atoms with Crippen LogP contribution >= 0.6 is 11.3 Å². The second kappa shape index (κ2) is 8.22. The molecule has 2 aromatic carbocycles. The van der Waals surface area contributed by atoms with Gasteiger partial charge in [-0.1, -0.05) is 39.8 Å². The van der Waals surface area contributed by atoms with E-state index < -0.39 is 0 Å². The van der Waals surface area contributed by atoms with Gasteiger partial charge in [0, 0.05) is 32.7 Å². The Bertz CT molecular complexity index is 993. The van der Waals surface area contributed by atoms with Crippen LogP contribution in [0.1, 0.15) is 70.0 Å². The van der Waals surface area contributed by atoms with E-state index in [4.69, 9.17) is 15.8 Å². The van der Waals surface area contributed by atoms with E-state index in [-0.39, 0.29) is 11.5 Å². The van der Waals surface area contributed by atoms with Gasteiger partial charge < -0.3 is 10.8 Å². The average molecular weight is 397 g/mol. The maximum Gasteiger partial charge on any atom is 0.0998 e. The number of nitrogens with zero attached hydrogens (tertiary/aromatic N) is 1. The van der Waals surface area contributed by atoms with Crippen LogP contribution in [0, 0.1) is 5.41 Å². The smallest absolute Gasteiger partial charge is 0.0998 e. The average Bonchev–Trinajstić information content (AvgIpc) is 3.47. The lowest BCUT2D eigenvalue weighted by Gasteiger charge is -2.20. The number of nitrogens with two attached hydrogens (primary N) is 1. The number of rotatable bonds is 4. The molecule has 1 fully saturated rings. The first kappa shape index (κ1) is 20.8. The van der Waals surface area contributed by atoms with Crippen molar-refractivity contribution in [3.05, 3.63) is 47.5 Å². The Balaban J connectivity index is 0.00000109. The molecular formula is C24H32N2OS. The minimum absolute atomic E-state index is 0.0915. The van der Waals surface area contributed by atoms with Crippen LogP contribution < -0.4 is 5.73 Å². The Hall–Kier alpha value is -1.91. The fourth-order valence-electron chi connectivity index (χ4n) is 3.45. The Morgan fingerprint density at radius 2 is 1.71 bits per heavy atom. The molecule has 1 unspecified atom stereocenters. The summed E-state index contributed by atoms with van der Waals surface area (Å²) in [5.41, 5.74) is 8.94. The van der Waals surface area contributed by atoms with Crippen LogP contribution in [0.4, 0.5) is 0 Å². The maximum absolute atomic E-state index is 7.00. The van der Waals surface area contributed by atoms with Crippen LogP contribution in [0.25, 0.3) is 20.2 Å². The molecule has 0 bridgehead atoms. The maximum atomic E-state index is 7.00. The highest BCUT2D eigenvalue weighted by atomic mass is 32.1. The van der Waals surface area contributed by atoms with Gasteiger partial charge in [0.05, 0.1) is 11.9 Å². The van der Waals surface area contributed by atoms with E-state index in [0.717, 1.165) is 25.3 Å². The van der Waals surface area contributed by atoms with Gasteiger partial charge in [0.15, 0.2) is 0 Å². The highest BCUT2D eigenvalue weighted by Gasteiger charge is 2.24. The number of benzene rings is 2. The fraction of sp³-hybridized carbons (Fsp3) is 0.458. The summed E-state index contributed by atoms with van der Waals surface area (Å²) in [7, 11) is 1.00. The molecule has 1 aliphatic carbocycles. The molecule has 4 rings (SSSR count). The molecule has 3 aromatic rings. The summed E-state index contributed by atoms with van der Waals surface area (Å²) >= 11 is 1.89. The van der Waals surface area contributed by atoms with Gasteiger partial charge in [0.2, 0.25) is 0 Å². The molecule has 1 heterocycles. The molecule has 1 aromatic heterocycles. The number of hydrogen-bond donors (Lipinski definition) is 2. The van der Waals surface area contributed by atoms with Gasteiger partial charge in [-0.25, -0.2) is 0 Å². The molecule has 3 nitrogen and oxygen atoms in total. The van der Waals surface area contributed by atoms with E-state index in [1.807, 2.05) is 11.3 Å². The van der Waals surface area contributed by atoms with Crippen molar-refractivity contribution < 1.29 is 5.11 Å². The first-order valence-corrected chi connectivity index (χ1v) is 10.9. The van der Waals surface area contributed by atoms with E-state index in [2.05, 4.69) is 64.1 Å². The molecule has 28 heavy (non-hydrogen) atoms. The van der Waals surface area contributed by atoms with Crippen molar-refractivity contribution in [2.75, 3.05) is 7.11 Å². The van der Waals surface area contributed by atoms with Crippen molar-refractivity contribution in [3.63, 3.8) is 0 Å². The van der Waals surface area contributed by atoms with E-state index in [0.29, 0.717) is 0 Å². The summed E-state index contributed by atoms with van der Waals surface area (Å²) in [4.78, 5) is 4.86. The molecule has 0 aliphatic heterocycles. The van der Waals surface area contributed by atoms with Crippen LogP contribution in [-0.2, 0) is 0 Å². The van der Waals surface area contributed by atoms with E-state index in [1.54, 1.807) is 0 Å². The summed E-state index contributed by atoms with van der Waals surface area (Å²) in [5.74, 6) is 1.52. The molecule has 1 saturated carbocycles. The normalized spacial score (nSPS) is 16.1. The van der Waals surface area contributed by atoms with Gasteiger partial charge in [0.1, 0.15) is 0 Å². The summed E-state index contributed by atoms with van der Waals surface area (Å²) in [5, 5.41) is 9.77. The SMILES string of the molecule is CCC(N=C(N)C(C)(C)C)c1ccc2sc3ccc(C4CC4)cc3c2c1.CO. The number of thiophene rings is 1. The molecule has 0 saturated heterocycles. The predicted octanol–water partition coefficient (Wildman–Crippen LogP) is 6.39. The van der Waals surface area contributed by atoms with Gasteiger partial charge in [-0.3, -0.25) is 4.99 Å². The standard InChI is InChI=1S/C23H28N2S.CH4O/c1-5-19(25-22(24)23(2,3)4)16-9-11-21-18(13-16)17-12-15(14-6-7-14)8-10-20(17)26-21;1-2/h8-14,19H,5-7H2,1-4H3,(H2,24,25);2H,1H3. The van der Waals surface area contributed by atoms with Crippen molar-refractivity contribution >= 4 is 37.3 Å². The summed E-state index contributed by atoms with van der Waals surface area (Å²) in [6.45, 7) is 8.54. The van der Waals surface area contributed by atoms with Crippen LogP contribution in [-0.4, -0.2) is 18.1 Å². The second-order valence-electron chi connectivity index (χ2n) is 8.58. The zero-order chi connectivity index (χ0) is 20.5. The lowest BCUT2D eigenvalue weighted by atomic mass is 9.94. The number of fused-ring (bicyclic) bond motifs is 3. The van der Waals surface area contributed by atoms with Crippen molar-refractivity contribution in [2.45, 2.75) is 58.9 Å². The van der Waals surface area contributed by atoms with E-state index in [9.17, 15) is 0 Å². The summed E-state index contributed by atoms with van der Waals surface area (Å²) in [6, 6.07) is 14.0. The lowest BCUT2D eigenvalue weighted by molar-refractivity contribution is 0.399. The predicted molar refractivity (Wildman–Crippen MR) is 124 cm³/mol. The zero-order valence-corrected chi connectivity index (χ0v) is 18.4. The zero-order valence-electron chi connectivity index (χ0n) is 17.6. The molecule has 1 aliphatic rings. The molecule has 1 atom stereocenters. The number of amidine groups is 1. The Morgan fingerprint density at radius 3 is 2.29 bits per heavy atom. The number of aliphatic hydroxyl groups is 1. The van der Waals surface area contributed by atoms with Gasteiger partial charge >= 0.3 is 0 Å². The Morgan fingerprint density at radius 1 is 1.11 bits per heavy atom. The highest BCUT2D eigenvalue weighted by Crippen LogP contribution is 2.43. The third-order valence-electron chi connectivity index (χ3n) is 5.40. The van der Waals surface area contributed by atoms with Crippen molar-refractivity contribution in [2.24, 2.45) is 16.1 Å². The fourth-order valence-corrected chi connectivity index (χ4v) is 4.52. The van der Waals surface area contributed by atoms with Gasteiger partial charge in [-0.05, 0) is 60.6 Å². The first-order valence-electron chi connectivity index (χ1n) is 10.1. The highest BCUT2D eigenvalue weighted by molar-refractivity contribution is 7.25. The second-order valence-corrected chi connectivity index (χ2v) is 9.66. The molecule has 3 N–H and O–H groups in total. The largest absolute Gasteiger partial charge is 0.400 e. The van der Waals surface area contributed by atoms with E-state index in [1.165, 1.54) is 44.1 Å². The molecule has 0 radical (unpaired) electrons. The van der Waals surface area contributed by atoms with Crippen LogP contribution in [0.15, 0.2) is 41.4 Å². The van der Waals surface area contributed by atoms with Crippen LogP contribution in [0.5, 0.6) is 0 Å². The van der Waals surface area contributed by atoms with Crippen LogP contribution in [0.2, 0.25) is 0 Å². The quantitative estimate of drug-likeness (QED) is 0.396. The van der Waals surface area contributed by atoms with Crippen LogP contribution in [0.3, 0.4) is 0 Å². The van der Waals surface area contributed by atoms with Gasteiger partial charge in [0.25, 0.3) is 0 Å². The Kier molecular flexibility index (Phi) is 6.11. The number of aliphatic imine (C=N–C) groups is 1. The minimum Gasteiger partial charge on any atom is -0.400 e. The topological polar surface area (TPSA) is 58.6 Å². The number of aliphatic hydroxyl groups excluding tert-OH is 1. The summed E-state index contributed by atoms with van der Waals surface area (Å²) in [6.07, 6.45) is 3.65. The molecule has 4 heteroatoms. The van der Waals surface area contributed by atoms with Gasteiger partial charge in [-0.2, -0.15) is 0 Å². The molecule has 0 amide bonds. The van der Waals surface area contributed by atoms with Crippen molar-refractivity contribution in [3.8, 4) is 0 Å². The summed E-state index contributed by atoms with van der Waals surface area (Å²) < 4.78 is 2.74. The number of hydrogen-bond acceptors (Lipinski definition) is 3. The Labute approximate surface area is 172 Å². The van der Waals surface area contributed by atoms with E-state index >= 15 is 0 Å². The van der Waals surface area contributed by atoms with Crippen molar-refractivity contribution in [1.82, 2.24) is 0 Å². The monoisotopic (exact) mass is 396 g/mol. The lowest BCUT2D eigenvalue weighted by Crippen LogP contribution is -2.29. The third-order valence-corrected chi connectivity index (χ3v) is 6.55.